The summed E-state index contributed by atoms with van der Waals surface area (Å²) in [7, 11) is -0.748. The van der Waals surface area contributed by atoms with E-state index in [-0.39, 0.29) is 57.6 Å². The molecule has 6 N–H and O–H groups in total. The normalized spacial score (nSPS) is 14.4. The summed E-state index contributed by atoms with van der Waals surface area (Å²) in [6.45, 7) is 43.6. The third-order valence-corrected chi connectivity index (χ3v) is 26.0. The summed E-state index contributed by atoms with van der Waals surface area (Å²) in [4.78, 5) is 41.6. The van der Waals surface area contributed by atoms with Gasteiger partial charge in [0.25, 0.3) is 0 Å². The maximum Gasteiger partial charge on any atom is 0.496 e. The van der Waals surface area contributed by atoms with Gasteiger partial charge in [-0.05, 0) is 270 Å². The lowest BCUT2D eigenvalue weighted by atomic mass is 9.77. The minimum atomic E-state index is -0.437. The number of aliphatic imine (C=N–C) groups is 1. The van der Waals surface area contributed by atoms with E-state index < -0.39 is 7.12 Å². The summed E-state index contributed by atoms with van der Waals surface area (Å²) >= 11 is 41.9. The molecule has 4 aromatic carbocycles. The molecule has 0 amide bonds. The van der Waals surface area contributed by atoms with Crippen LogP contribution in [-0.2, 0) is 50.9 Å². The Morgan fingerprint density at radius 1 is 0.470 bits per heavy atom. The number of benzene rings is 4. The van der Waals surface area contributed by atoms with Crippen LogP contribution in [-0.4, -0.2) is 69.5 Å². The number of thiophene rings is 4. The Morgan fingerprint density at radius 3 is 1.21 bits per heavy atom. The van der Waals surface area contributed by atoms with Gasteiger partial charge in [0.15, 0.2) is 0 Å². The lowest BCUT2D eigenvalue weighted by Crippen LogP contribution is -2.41. The van der Waals surface area contributed by atoms with Crippen molar-refractivity contribution in [3.8, 4) is 53.6 Å². The quantitative estimate of drug-likeness (QED) is 0.0453. The van der Waals surface area contributed by atoms with Gasteiger partial charge in [-0.2, -0.15) is 0 Å². The molecule has 9 heterocycles. The molecule has 2 saturated heterocycles. The first kappa shape index (κ1) is 96.3. The van der Waals surface area contributed by atoms with Crippen molar-refractivity contribution < 1.29 is 28.2 Å². The molecule has 13 rings (SSSR count). The molecule has 115 heavy (non-hydrogen) atoms. The number of Topliss-reactive ketones (excluding diaryl/α,β-unsaturated/α-hetero) is 1. The van der Waals surface area contributed by atoms with E-state index in [1.165, 1.54) is 32.1 Å². The lowest BCUT2D eigenvalue weighted by Gasteiger charge is -2.32. The number of anilines is 3. The summed E-state index contributed by atoms with van der Waals surface area (Å²) in [5, 5.41) is 11.0. The second-order valence-corrected chi connectivity index (χ2v) is 42.0. The number of hydrogen-bond donors (Lipinski definition) is 3. The van der Waals surface area contributed by atoms with Crippen LogP contribution in [0, 0.1) is 5.92 Å². The van der Waals surface area contributed by atoms with E-state index in [2.05, 4.69) is 213 Å². The van der Waals surface area contributed by atoms with Crippen LogP contribution in [0.5, 0.6) is 0 Å². The van der Waals surface area contributed by atoms with E-state index in [0.717, 1.165) is 73.8 Å². The molecule has 2 fully saturated rings. The molecule has 0 unspecified atom stereocenters. The molecule has 2 aliphatic rings. The van der Waals surface area contributed by atoms with E-state index in [0.29, 0.717) is 55.9 Å². The number of carbonyl (C=O) groups excluding carboxylic acids is 2. The van der Waals surface area contributed by atoms with Gasteiger partial charge in [0.1, 0.15) is 5.78 Å². The highest BCUT2D eigenvalue weighted by Crippen LogP contribution is 2.43. The fraction of sp³-hybridized carbons (Fsp3) is 0.360. The second kappa shape index (κ2) is 41.4. The Bertz CT molecular complexity index is 5090. The van der Waals surface area contributed by atoms with Gasteiger partial charge in [0.2, 0.25) is 6.08 Å². The van der Waals surface area contributed by atoms with Crippen molar-refractivity contribution in [1.82, 2.24) is 15.0 Å². The number of aromatic nitrogens is 3. The Hall–Kier alpha value is -5.85. The minimum Gasteiger partial charge on any atom is -0.399 e. The first-order valence-corrected chi connectivity index (χ1v) is 44.8. The van der Waals surface area contributed by atoms with Gasteiger partial charge >= 0.3 is 14.2 Å². The summed E-state index contributed by atoms with van der Waals surface area (Å²) in [6, 6.07) is 43.5. The number of ketones is 1. The number of pyridine rings is 3. The maximum absolute atomic E-state index is 12.1. The monoisotopic (exact) mass is 1890 g/mol. The average molecular weight is 1900 g/mol. The molecule has 610 valence electrons. The van der Waals surface area contributed by atoms with Crippen molar-refractivity contribution in [1.29, 1.82) is 0 Å². The second-order valence-electron chi connectivity index (χ2n) is 33.6. The average Bonchev–Trinajstić information content (AvgIpc) is 1.63. The van der Waals surface area contributed by atoms with Crippen molar-refractivity contribution in [3.63, 3.8) is 0 Å². The number of carbonyl (C=O) groups is 1. The van der Waals surface area contributed by atoms with Crippen molar-refractivity contribution in [2.45, 2.75) is 203 Å². The van der Waals surface area contributed by atoms with Crippen LogP contribution in [0.2, 0.25) is 20.1 Å². The highest BCUT2D eigenvalue weighted by molar-refractivity contribution is 9.11. The van der Waals surface area contributed by atoms with Gasteiger partial charge in [-0.3, -0.25) is 19.7 Å². The van der Waals surface area contributed by atoms with Crippen molar-refractivity contribution in [2.75, 3.05) is 17.2 Å². The molecule has 11 aromatic rings. The molecule has 7 aromatic heterocycles. The SMILES string of the molecule is Brc1csc(Br)c1.CC(C)(C)c1cc(-c2csc(-c3ccc(N)cc3Cl)c2)ccn1.CC(C)(C)c1cc(B2OC(C)(C)C(C)(C)O2)ccn1.CC(C)CC(=O)Cc1ccc(-c2cc(-c3ccnc(C(C)(C)C)c3)cs2)c(Cl)c1.CC(C)N=C=O.CC1(C)OB(c2ccc(N)cc2Cl)OC1(C)C.Nc1ccc(-c2cc(Br)cs2)c(Cl)c1. The standard InChI is InChI=1S/C25H28ClNOS.C19H19ClN2S.C15H24BNO2.C12H17BClNO2.C10H7BrClNS.C4H2Br2S.C4H7NO/c1-16(2)10-20(28)11-17-6-7-21(22(26)12-17)23-13-19(15-29-23)18-8-9-27-24(14-18)25(3,4)5;1-19(2,3)18-9-12(6-7-22-18)13-8-17(23-11-13)15-5-4-14(21)10-16(15)20;1-13(2,3)12-10-11(8-9-17-12)16-18-14(4,5)15(6,7)19-16;1-11(2)12(3,4)17-13(16-11)9-6-5-8(15)7-10(9)14;11-6-3-10(14-5-6)8-2-1-7(13)4-9(8)12;5-3-1-4(6)7-2-3;1-4(2)5-3-6/h6-9,12-16H,10-11H2,1-5H3;4-11H,21H2,1-3H3;8-10H,1-7H3;5-7H,15H2,1-4H3;1-5H,13H2;1-2H;4H,1-2H3. The fourth-order valence-corrected chi connectivity index (χ4v) is 17.6. The molecule has 0 aliphatic carbocycles. The van der Waals surface area contributed by atoms with Gasteiger partial charge in [0, 0.05) is 148 Å². The Kier molecular flexibility index (Phi) is 34.7. The molecule has 0 bridgehead atoms. The number of rotatable bonds is 12. The molecule has 26 heteroatoms. The van der Waals surface area contributed by atoms with Crippen molar-refractivity contribution >= 4 is 194 Å². The predicted molar refractivity (Wildman–Crippen MR) is 506 cm³/mol. The van der Waals surface area contributed by atoms with Gasteiger partial charge in [-0.15, -0.1) is 45.3 Å². The van der Waals surface area contributed by atoms with Crippen LogP contribution in [0.15, 0.2) is 191 Å². The lowest BCUT2D eigenvalue weighted by molar-refractivity contribution is -0.119. The van der Waals surface area contributed by atoms with Gasteiger partial charge in [-0.25, -0.2) is 9.79 Å². The molecule has 13 nitrogen and oxygen atoms in total. The summed E-state index contributed by atoms with van der Waals surface area (Å²) in [5.41, 5.74) is 31.6. The van der Waals surface area contributed by atoms with Gasteiger partial charge < -0.3 is 35.8 Å². The van der Waals surface area contributed by atoms with Gasteiger partial charge in [0.05, 0.1) is 42.3 Å². The largest absolute Gasteiger partial charge is 0.496 e. The number of nitrogens with zero attached hydrogens (tertiary/aromatic N) is 4. The van der Waals surface area contributed by atoms with Crippen LogP contribution in [0.25, 0.3) is 53.6 Å². The predicted octanol–water partition coefficient (Wildman–Crippen LogP) is 26.9. The topological polar surface area (TPSA) is 200 Å². The van der Waals surface area contributed by atoms with E-state index in [4.69, 9.17) is 82.2 Å². The molecule has 2 aliphatic heterocycles. The number of nitrogen functional groups attached to an aromatic ring is 3. The molecule has 0 atom stereocenters. The molecular weight excluding hydrogens is 1790 g/mol. The molecule has 0 saturated carbocycles. The summed E-state index contributed by atoms with van der Waals surface area (Å²) in [6.07, 6.45) is 8.09. The highest BCUT2D eigenvalue weighted by atomic mass is 79.9. The van der Waals surface area contributed by atoms with E-state index >= 15 is 0 Å². The zero-order chi connectivity index (χ0) is 85.5. The Labute approximate surface area is 743 Å². The van der Waals surface area contributed by atoms with Crippen LogP contribution in [0.3, 0.4) is 0 Å². The molecular formula is C89H104B2Br3Cl4N7O6S4. The highest BCUT2D eigenvalue weighted by Gasteiger charge is 2.53. The van der Waals surface area contributed by atoms with E-state index in [1.54, 1.807) is 69.6 Å². The zero-order valence-electron chi connectivity index (χ0n) is 69.2. The number of halogens is 7. The van der Waals surface area contributed by atoms with E-state index in [9.17, 15) is 9.59 Å². The molecule has 0 radical (unpaired) electrons. The Balaban J connectivity index is 0.000000194. The zero-order valence-corrected chi connectivity index (χ0v) is 80.3. The summed E-state index contributed by atoms with van der Waals surface area (Å²) < 4.78 is 27.4. The van der Waals surface area contributed by atoms with Crippen molar-refractivity contribution in [2.24, 2.45) is 10.9 Å². The number of nitrogens with two attached hydrogens (primary N) is 3. The van der Waals surface area contributed by atoms with Crippen LogP contribution < -0.4 is 28.1 Å². The van der Waals surface area contributed by atoms with Gasteiger partial charge in [-0.1, -0.05) is 153 Å². The summed E-state index contributed by atoms with van der Waals surface area (Å²) in [5.74, 6) is 0.642. The Morgan fingerprint density at radius 2 is 0.852 bits per heavy atom. The maximum atomic E-state index is 12.1. The molecule has 0 spiro atoms. The minimum absolute atomic E-state index is 0.0149. The van der Waals surface area contributed by atoms with Crippen LogP contribution >= 0.6 is 140 Å². The van der Waals surface area contributed by atoms with Crippen LogP contribution in [0.4, 0.5) is 17.1 Å². The third-order valence-electron chi connectivity index (χ3n) is 18.8. The number of hydrogen-bond acceptors (Lipinski definition) is 17. The van der Waals surface area contributed by atoms with Crippen molar-refractivity contribution in [3.05, 3.63) is 229 Å². The first-order chi connectivity index (χ1) is 53.5. The number of isocyanates is 1. The van der Waals surface area contributed by atoms with Crippen LogP contribution in [0.1, 0.15) is 174 Å². The third kappa shape index (κ3) is 28.4. The van der Waals surface area contributed by atoms with E-state index in [1.807, 2.05) is 150 Å². The fourth-order valence-electron chi connectivity index (χ4n) is 10.9. The first-order valence-electron chi connectivity index (χ1n) is 37.4. The smallest absolute Gasteiger partial charge is 0.399 e.